The molecule has 1 aliphatic rings. The maximum Gasteiger partial charge on any atom is 0.309 e. The molecule has 4 aromatic rings. The van der Waals surface area contributed by atoms with E-state index in [1.165, 1.54) is 24.8 Å². The Hall–Kier alpha value is -3.86. The fourth-order valence-electron chi connectivity index (χ4n) is 5.85. The first-order chi connectivity index (χ1) is 20.3. The highest BCUT2D eigenvalue weighted by Gasteiger charge is 2.32. The number of carbonyl (C=O) groups is 2. The number of benzene rings is 3. The van der Waals surface area contributed by atoms with Crippen LogP contribution in [0.2, 0.25) is 0 Å². The van der Waals surface area contributed by atoms with Crippen LogP contribution in [0.3, 0.4) is 0 Å². The Labute approximate surface area is 249 Å². The van der Waals surface area contributed by atoms with Crippen molar-refractivity contribution in [1.29, 1.82) is 0 Å². The van der Waals surface area contributed by atoms with Crippen LogP contribution in [0.15, 0.2) is 72.8 Å². The Balaban J connectivity index is 1.41. The summed E-state index contributed by atoms with van der Waals surface area (Å²) in [4.78, 5) is 27.2. The molecule has 1 aromatic heterocycles. The average molecular weight is 566 g/mol. The third kappa shape index (κ3) is 6.61. The third-order valence-electron chi connectivity index (χ3n) is 8.36. The highest BCUT2D eigenvalue weighted by Crippen LogP contribution is 2.38. The van der Waals surface area contributed by atoms with Crippen LogP contribution < -0.4 is 4.74 Å². The minimum absolute atomic E-state index is 0.0394. The van der Waals surface area contributed by atoms with Crippen molar-refractivity contribution in [3.05, 3.63) is 101 Å². The molecule has 5 nitrogen and oxygen atoms in total. The Morgan fingerprint density at radius 3 is 2.40 bits per heavy atom. The van der Waals surface area contributed by atoms with Crippen molar-refractivity contribution in [2.75, 3.05) is 6.61 Å². The zero-order valence-corrected chi connectivity index (χ0v) is 25.4. The monoisotopic (exact) mass is 565 g/mol. The number of nitrogens with zero attached hydrogens (tertiary/aromatic N) is 1. The van der Waals surface area contributed by atoms with Gasteiger partial charge in [-0.2, -0.15) is 0 Å². The van der Waals surface area contributed by atoms with Gasteiger partial charge in [-0.05, 0) is 84.2 Å². The Morgan fingerprint density at radius 1 is 0.929 bits per heavy atom. The van der Waals surface area contributed by atoms with E-state index in [0.717, 1.165) is 39.9 Å². The van der Waals surface area contributed by atoms with E-state index in [1.807, 2.05) is 59.2 Å². The van der Waals surface area contributed by atoms with E-state index in [4.69, 9.17) is 9.47 Å². The number of unbranched alkanes of at least 4 members (excludes halogenated alkanes) is 3. The number of hydrogen-bond donors (Lipinski definition) is 0. The largest absolute Gasteiger partial charge is 0.494 e. The third-order valence-corrected chi connectivity index (χ3v) is 8.36. The van der Waals surface area contributed by atoms with Crippen LogP contribution in [0, 0.1) is 5.92 Å². The van der Waals surface area contributed by atoms with Crippen molar-refractivity contribution in [3.8, 4) is 5.75 Å². The van der Waals surface area contributed by atoms with Gasteiger partial charge in [0, 0.05) is 16.6 Å². The first-order valence-corrected chi connectivity index (χ1v) is 15.4. The van der Waals surface area contributed by atoms with E-state index in [-0.39, 0.29) is 29.8 Å². The molecule has 42 heavy (non-hydrogen) atoms. The molecule has 3 aromatic carbocycles. The standard InChI is InChI=1S/C37H43NO4/c1-5-6-7-11-22-41-30-18-14-27(15-19-30)35(39)38-33-20-16-28(36(40)42-25-26-12-9-8-10-13-26)23-31(33)32-24-29(37(2,3)4)17-21-34(32)38/h8-10,12-15,17-19,21,24,28H,5-7,11,16,20,22-23,25H2,1-4H3. The van der Waals surface area contributed by atoms with E-state index in [1.54, 1.807) is 0 Å². The smallest absolute Gasteiger partial charge is 0.309 e. The number of esters is 1. The normalized spacial score (nSPS) is 14.9. The lowest BCUT2D eigenvalue weighted by molar-refractivity contribution is -0.150. The molecule has 0 saturated heterocycles. The van der Waals surface area contributed by atoms with E-state index < -0.39 is 0 Å². The van der Waals surface area contributed by atoms with Gasteiger partial charge in [-0.3, -0.25) is 14.2 Å². The molecule has 220 valence electrons. The minimum Gasteiger partial charge on any atom is -0.494 e. The summed E-state index contributed by atoms with van der Waals surface area (Å²) in [6.45, 7) is 9.74. The predicted octanol–water partition coefficient (Wildman–Crippen LogP) is 8.43. The molecular weight excluding hydrogens is 522 g/mol. The van der Waals surface area contributed by atoms with Crippen molar-refractivity contribution >= 4 is 22.8 Å². The quantitative estimate of drug-likeness (QED) is 0.143. The zero-order chi connectivity index (χ0) is 29.7. The lowest BCUT2D eigenvalue weighted by Gasteiger charge is -2.23. The zero-order valence-electron chi connectivity index (χ0n) is 25.4. The highest BCUT2D eigenvalue weighted by atomic mass is 16.5. The van der Waals surface area contributed by atoms with Crippen molar-refractivity contribution in [1.82, 2.24) is 4.57 Å². The Bertz CT molecular complexity index is 1530. The maximum absolute atomic E-state index is 14.0. The molecule has 1 atom stereocenters. The van der Waals surface area contributed by atoms with Crippen molar-refractivity contribution < 1.29 is 19.1 Å². The summed E-state index contributed by atoms with van der Waals surface area (Å²) in [6.07, 6.45) is 6.49. The van der Waals surface area contributed by atoms with Gasteiger partial charge >= 0.3 is 5.97 Å². The molecule has 0 amide bonds. The van der Waals surface area contributed by atoms with Crippen LogP contribution >= 0.6 is 0 Å². The van der Waals surface area contributed by atoms with Crippen LogP contribution in [-0.2, 0) is 34.4 Å². The minimum atomic E-state index is -0.234. The molecule has 0 saturated carbocycles. The van der Waals surface area contributed by atoms with Gasteiger partial charge in [0.25, 0.3) is 5.91 Å². The lowest BCUT2D eigenvalue weighted by Crippen LogP contribution is -2.26. The summed E-state index contributed by atoms with van der Waals surface area (Å²) in [6, 6.07) is 23.7. The van der Waals surface area contributed by atoms with Crippen LogP contribution in [0.5, 0.6) is 5.75 Å². The Morgan fingerprint density at radius 2 is 1.69 bits per heavy atom. The molecule has 5 heteroatoms. The van der Waals surface area contributed by atoms with Gasteiger partial charge in [0.15, 0.2) is 0 Å². The Kier molecular flexibility index (Phi) is 9.15. The second-order valence-electron chi connectivity index (χ2n) is 12.5. The summed E-state index contributed by atoms with van der Waals surface area (Å²) in [5, 5.41) is 1.05. The molecule has 1 heterocycles. The van der Waals surface area contributed by atoms with Gasteiger partial charge < -0.3 is 9.47 Å². The predicted molar refractivity (Wildman–Crippen MR) is 168 cm³/mol. The number of carbonyl (C=O) groups excluding carboxylic acids is 2. The second-order valence-corrected chi connectivity index (χ2v) is 12.5. The van der Waals surface area contributed by atoms with E-state index >= 15 is 0 Å². The highest BCUT2D eigenvalue weighted by molar-refractivity contribution is 6.04. The van der Waals surface area contributed by atoms with Gasteiger partial charge in [-0.1, -0.05) is 83.4 Å². The number of ether oxygens (including phenoxy) is 2. The van der Waals surface area contributed by atoms with Gasteiger partial charge in [-0.25, -0.2) is 0 Å². The van der Waals surface area contributed by atoms with E-state index in [9.17, 15) is 9.59 Å². The van der Waals surface area contributed by atoms with Gasteiger partial charge in [0.2, 0.25) is 0 Å². The molecule has 0 bridgehead atoms. The van der Waals surface area contributed by atoms with Gasteiger partial charge in [0.05, 0.1) is 18.0 Å². The number of hydrogen-bond acceptors (Lipinski definition) is 4. The SMILES string of the molecule is CCCCCCOc1ccc(C(=O)n2c3c(c4cc(C(C)(C)C)ccc42)CC(C(=O)OCc2ccccc2)CC3)cc1. The molecular formula is C37H43NO4. The van der Waals surface area contributed by atoms with Gasteiger partial charge in [-0.15, -0.1) is 0 Å². The number of rotatable bonds is 10. The molecule has 1 aliphatic carbocycles. The first-order valence-electron chi connectivity index (χ1n) is 15.4. The van der Waals surface area contributed by atoms with Gasteiger partial charge in [0.1, 0.15) is 12.4 Å². The maximum atomic E-state index is 14.0. The topological polar surface area (TPSA) is 57.5 Å². The van der Waals surface area contributed by atoms with E-state index in [0.29, 0.717) is 31.4 Å². The summed E-state index contributed by atoms with van der Waals surface area (Å²) in [5.41, 5.74) is 5.75. The van der Waals surface area contributed by atoms with Crippen LogP contribution in [-0.4, -0.2) is 23.1 Å². The van der Waals surface area contributed by atoms with E-state index in [2.05, 4.69) is 45.9 Å². The van der Waals surface area contributed by atoms with Crippen LogP contribution in [0.25, 0.3) is 10.9 Å². The number of aromatic nitrogens is 1. The molecule has 1 unspecified atom stereocenters. The van der Waals surface area contributed by atoms with Crippen molar-refractivity contribution in [2.24, 2.45) is 5.92 Å². The summed E-state index contributed by atoms with van der Waals surface area (Å²) >= 11 is 0. The fraction of sp³-hybridized carbons (Fsp3) is 0.405. The second kappa shape index (κ2) is 13.0. The molecule has 5 rings (SSSR count). The lowest BCUT2D eigenvalue weighted by atomic mass is 9.83. The molecule has 0 spiro atoms. The van der Waals surface area contributed by atoms with Crippen molar-refractivity contribution in [3.63, 3.8) is 0 Å². The molecule has 0 radical (unpaired) electrons. The molecule has 0 N–H and O–H groups in total. The number of fused-ring (bicyclic) bond motifs is 3. The molecule has 0 aliphatic heterocycles. The molecule has 0 fully saturated rings. The van der Waals surface area contributed by atoms with Crippen molar-refractivity contribution in [2.45, 2.75) is 84.7 Å². The summed E-state index contributed by atoms with van der Waals surface area (Å²) < 4.78 is 13.5. The van der Waals surface area contributed by atoms with Crippen LogP contribution in [0.1, 0.15) is 92.5 Å². The summed E-state index contributed by atoms with van der Waals surface area (Å²) in [5.74, 6) is 0.329. The van der Waals surface area contributed by atoms with Crippen LogP contribution in [0.4, 0.5) is 0 Å². The summed E-state index contributed by atoms with van der Waals surface area (Å²) in [7, 11) is 0. The fourth-order valence-corrected chi connectivity index (χ4v) is 5.85. The first kappa shape index (κ1) is 29.6. The average Bonchev–Trinajstić information content (AvgIpc) is 3.33.